The summed E-state index contributed by atoms with van der Waals surface area (Å²) in [6.07, 6.45) is 11.9. The van der Waals surface area contributed by atoms with E-state index in [-0.39, 0.29) is 11.1 Å². The zero-order chi connectivity index (χ0) is 26.7. The summed E-state index contributed by atoms with van der Waals surface area (Å²) < 4.78 is 5.92. The molecule has 0 amide bonds. The number of ether oxygens (including phenoxy) is 1. The van der Waals surface area contributed by atoms with Gasteiger partial charge in [-0.15, -0.1) is 10.3 Å². The molecule has 3 rings (SSSR count). The third-order valence-electron chi connectivity index (χ3n) is 7.57. The Labute approximate surface area is 224 Å². The molecule has 0 bridgehead atoms. The van der Waals surface area contributed by atoms with Crippen LogP contribution in [0.4, 0.5) is 0 Å². The Morgan fingerprint density at radius 2 is 1.30 bits per heavy atom. The summed E-state index contributed by atoms with van der Waals surface area (Å²) in [5.41, 5.74) is 2.34. The number of benzene rings is 2. The van der Waals surface area contributed by atoms with Crippen LogP contribution in [-0.2, 0) is 5.21 Å². The van der Waals surface area contributed by atoms with Crippen LogP contribution in [-0.4, -0.2) is 35.3 Å². The maximum atomic E-state index is 12.5. The van der Waals surface area contributed by atoms with Crippen LogP contribution in [0.1, 0.15) is 97.5 Å². The van der Waals surface area contributed by atoms with E-state index in [1.165, 1.54) is 50.0 Å². The highest BCUT2D eigenvalue weighted by Gasteiger charge is 2.45. The molecule has 1 fully saturated rings. The Hall–Kier alpha value is -2.39. The lowest BCUT2D eigenvalue weighted by molar-refractivity contribution is -0.290. The summed E-state index contributed by atoms with van der Waals surface area (Å²) in [5, 5.41) is 26.4. The van der Waals surface area contributed by atoms with E-state index >= 15 is 0 Å². The van der Waals surface area contributed by atoms with Crippen molar-refractivity contribution in [3.8, 4) is 22.9 Å². The zero-order valence-corrected chi connectivity index (χ0v) is 23.4. The first-order chi connectivity index (χ1) is 17.7. The highest BCUT2D eigenvalue weighted by Crippen LogP contribution is 2.37. The van der Waals surface area contributed by atoms with E-state index in [0.717, 1.165) is 49.3 Å². The summed E-state index contributed by atoms with van der Waals surface area (Å²) in [7, 11) is 0. The molecule has 0 unspecified atom stereocenters. The van der Waals surface area contributed by atoms with Gasteiger partial charge >= 0.3 is 0 Å². The van der Waals surface area contributed by atoms with Gasteiger partial charge < -0.3 is 10.1 Å². The van der Waals surface area contributed by atoms with Gasteiger partial charge in [0.2, 0.25) is 0 Å². The minimum Gasteiger partial charge on any atom is -0.494 e. The van der Waals surface area contributed by atoms with Crippen LogP contribution in [0, 0.1) is 11.3 Å². The second-order valence-electron chi connectivity index (χ2n) is 11.9. The fraction of sp³-hybridized carbons (Fsp3) is 0.594. The van der Waals surface area contributed by atoms with Gasteiger partial charge in [0.1, 0.15) is 5.75 Å². The lowest BCUT2D eigenvalue weighted by Gasteiger charge is -2.50. The molecule has 2 aromatic rings. The van der Waals surface area contributed by atoms with Crippen molar-refractivity contribution in [2.45, 2.75) is 109 Å². The Kier molecular flexibility index (Phi) is 11.0. The molecule has 5 heteroatoms. The van der Waals surface area contributed by atoms with Crippen LogP contribution in [0.15, 0.2) is 48.5 Å². The van der Waals surface area contributed by atoms with Crippen molar-refractivity contribution in [3.63, 3.8) is 0 Å². The first kappa shape index (κ1) is 29.2. The molecule has 0 spiro atoms. The lowest BCUT2D eigenvalue weighted by Crippen LogP contribution is -2.61. The van der Waals surface area contributed by atoms with E-state index in [2.05, 4.69) is 51.2 Å². The van der Waals surface area contributed by atoms with Crippen LogP contribution in [0.3, 0.4) is 0 Å². The number of hydroxylamine groups is 2. The largest absolute Gasteiger partial charge is 0.494 e. The number of nitriles is 1. The first-order valence-corrected chi connectivity index (χ1v) is 14.2. The second kappa shape index (κ2) is 14.0. The van der Waals surface area contributed by atoms with E-state index in [0.29, 0.717) is 11.6 Å². The number of rotatable bonds is 14. The fourth-order valence-electron chi connectivity index (χ4n) is 5.67. The molecule has 37 heavy (non-hydrogen) atoms. The predicted octanol–water partition coefficient (Wildman–Crippen LogP) is 7.68. The van der Waals surface area contributed by atoms with E-state index in [1.54, 1.807) is 0 Å². The van der Waals surface area contributed by atoms with E-state index in [9.17, 15) is 5.21 Å². The van der Waals surface area contributed by atoms with Crippen molar-refractivity contribution >= 4 is 0 Å². The third kappa shape index (κ3) is 9.14. The Balaban J connectivity index is 1.17. The van der Waals surface area contributed by atoms with Crippen LogP contribution in [0.2, 0.25) is 0 Å². The number of hydrogen-bond acceptors (Lipinski definition) is 4. The van der Waals surface area contributed by atoms with Gasteiger partial charge in [-0.2, -0.15) is 5.26 Å². The van der Waals surface area contributed by atoms with Crippen molar-refractivity contribution in [1.82, 2.24) is 10.4 Å². The first-order valence-electron chi connectivity index (χ1n) is 14.2. The summed E-state index contributed by atoms with van der Waals surface area (Å²) in [6.45, 7) is 10.1. The molecule has 0 atom stereocenters. The number of unbranched alkanes of at least 4 members (excludes halogenated alkanes) is 7. The van der Waals surface area contributed by atoms with Gasteiger partial charge in [-0.3, -0.25) is 0 Å². The molecular weight excluding hydrogens is 458 g/mol. The molecule has 0 aliphatic carbocycles. The standard InChI is InChI=1S/C32H46N3O2/c1-31(2)23-29(24-32(3,4)35(31)36)34-21-11-9-7-5-6-8-10-12-22-37-30-19-17-28(18-20-30)27-15-13-26(25-33)14-16-27/h13-20,29,34H,5-12,21-24H2,1-4H3. The van der Waals surface area contributed by atoms with Crippen molar-refractivity contribution in [2.24, 2.45) is 0 Å². The molecule has 0 saturated carbocycles. The monoisotopic (exact) mass is 504 g/mol. The van der Waals surface area contributed by atoms with Crippen LogP contribution >= 0.6 is 0 Å². The number of hydrogen-bond donors (Lipinski definition) is 1. The molecule has 1 radical (unpaired) electrons. The Morgan fingerprint density at radius 1 is 0.811 bits per heavy atom. The quantitative estimate of drug-likeness (QED) is 0.268. The van der Waals surface area contributed by atoms with Gasteiger partial charge in [0.25, 0.3) is 0 Å². The lowest BCUT2D eigenvalue weighted by atomic mass is 9.79. The average Bonchev–Trinajstić information content (AvgIpc) is 2.88. The summed E-state index contributed by atoms with van der Waals surface area (Å²) in [5.74, 6) is 0.914. The van der Waals surface area contributed by atoms with E-state index in [1.807, 2.05) is 36.4 Å². The Bertz CT molecular complexity index is 959. The molecule has 201 valence electrons. The zero-order valence-electron chi connectivity index (χ0n) is 23.4. The highest BCUT2D eigenvalue weighted by molar-refractivity contribution is 5.64. The van der Waals surface area contributed by atoms with Crippen molar-refractivity contribution < 1.29 is 9.94 Å². The topological polar surface area (TPSA) is 68.2 Å². The van der Waals surface area contributed by atoms with Gasteiger partial charge in [0.05, 0.1) is 18.2 Å². The van der Waals surface area contributed by atoms with Crippen LogP contribution in [0.5, 0.6) is 5.75 Å². The maximum absolute atomic E-state index is 12.5. The fourth-order valence-corrected chi connectivity index (χ4v) is 5.67. The summed E-state index contributed by atoms with van der Waals surface area (Å²) in [4.78, 5) is 0. The van der Waals surface area contributed by atoms with Crippen LogP contribution in [0.25, 0.3) is 11.1 Å². The van der Waals surface area contributed by atoms with Gasteiger partial charge in [-0.1, -0.05) is 62.8 Å². The predicted molar refractivity (Wildman–Crippen MR) is 151 cm³/mol. The SMILES string of the molecule is CC1(C)CC(NCCCCCCCCCCOc2ccc(-c3ccc(C#N)cc3)cc2)CC(C)(C)N1[O]. The van der Waals surface area contributed by atoms with Gasteiger partial charge in [0, 0.05) is 17.1 Å². The summed E-state index contributed by atoms with van der Waals surface area (Å²) >= 11 is 0. The van der Waals surface area contributed by atoms with Gasteiger partial charge in [0.15, 0.2) is 0 Å². The van der Waals surface area contributed by atoms with Crippen LogP contribution < -0.4 is 10.1 Å². The second-order valence-corrected chi connectivity index (χ2v) is 11.9. The minimum atomic E-state index is -0.289. The smallest absolute Gasteiger partial charge is 0.119 e. The molecule has 5 nitrogen and oxygen atoms in total. The number of piperidine rings is 1. The molecule has 1 aliphatic heterocycles. The molecular formula is C32H46N3O2. The summed E-state index contributed by atoms with van der Waals surface area (Å²) in [6, 6.07) is 18.4. The van der Waals surface area contributed by atoms with Crippen molar-refractivity contribution in [2.75, 3.05) is 13.2 Å². The van der Waals surface area contributed by atoms with Crippen molar-refractivity contribution in [1.29, 1.82) is 5.26 Å². The molecule has 1 saturated heterocycles. The van der Waals surface area contributed by atoms with E-state index < -0.39 is 0 Å². The third-order valence-corrected chi connectivity index (χ3v) is 7.57. The molecule has 1 aliphatic rings. The highest BCUT2D eigenvalue weighted by atomic mass is 16.5. The normalized spacial score (nSPS) is 17.4. The molecule has 1 N–H and O–H groups in total. The number of nitrogens with zero attached hydrogens (tertiary/aromatic N) is 2. The Morgan fingerprint density at radius 3 is 1.84 bits per heavy atom. The molecule has 0 aromatic heterocycles. The minimum absolute atomic E-state index is 0.289. The average molecular weight is 505 g/mol. The van der Waals surface area contributed by atoms with E-state index in [4.69, 9.17) is 10.00 Å². The molecule has 1 heterocycles. The number of nitrogens with one attached hydrogen (secondary N) is 1. The van der Waals surface area contributed by atoms with Crippen molar-refractivity contribution in [3.05, 3.63) is 54.1 Å². The maximum Gasteiger partial charge on any atom is 0.119 e. The van der Waals surface area contributed by atoms with Gasteiger partial charge in [-0.25, -0.2) is 0 Å². The molecule has 2 aromatic carbocycles. The van der Waals surface area contributed by atoms with Gasteiger partial charge in [-0.05, 0) is 95.3 Å².